The Morgan fingerprint density at radius 1 is 1.39 bits per heavy atom. The Morgan fingerprint density at radius 2 is 2.11 bits per heavy atom. The highest BCUT2D eigenvalue weighted by Gasteiger charge is 2.16. The molecular formula is C13H18BrFN2O. The summed E-state index contributed by atoms with van der Waals surface area (Å²) in [5.41, 5.74) is 0.562. The molecule has 18 heavy (non-hydrogen) atoms. The van der Waals surface area contributed by atoms with E-state index in [-0.39, 0.29) is 5.82 Å². The standard InChI is InChI=1S/C13H18BrFN2O/c14-11-1-2-13(15)10(7-11)8-12(18)9-17-5-3-16-4-6-17/h1-2,7,12,16,18H,3-6,8-9H2. The minimum absolute atomic E-state index is 0.252. The minimum Gasteiger partial charge on any atom is -0.391 e. The van der Waals surface area contributed by atoms with E-state index in [1.54, 1.807) is 12.1 Å². The van der Waals surface area contributed by atoms with Gasteiger partial charge in [-0.2, -0.15) is 0 Å². The first-order valence-electron chi connectivity index (χ1n) is 6.20. The van der Waals surface area contributed by atoms with Crippen molar-refractivity contribution in [2.75, 3.05) is 32.7 Å². The summed E-state index contributed by atoms with van der Waals surface area (Å²) in [5.74, 6) is -0.252. The lowest BCUT2D eigenvalue weighted by Gasteiger charge is -2.29. The van der Waals surface area contributed by atoms with Crippen LogP contribution in [-0.2, 0) is 6.42 Å². The first-order valence-corrected chi connectivity index (χ1v) is 6.99. The van der Waals surface area contributed by atoms with Crippen molar-refractivity contribution in [3.63, 3.8) is 0 Å². The van der Waals surface area contributed by atoms with Crippen LogP contribution in [0, 0.1) is 5.82 Å². The maximum absolute atomic E-state index is 13.6. The van der Waals surface area contributed by atoms with E-state index in [1.807, 2.05) is 0 Å². The molecule has 3 nitrogen and oxygen atoms in total. The molecule has 1 aromatic carbocycles. The third-order valence-electron chi connectivity index (χ3n) is 3.14. The Hall–Kier alpha value is -0.490. The summed E-state index contributed by atoms with van der Waals surface area (Å²) in [6.07, 6.45) is -0.165. The lowest BCUT2D eigenvalue weighted by molar-refractivity contribution is 0.104. The Balaban J connectivity index is 1.89. The highest BCUT2D eigenvalue weighted by Crippen LogP contribution is 2.17. The monoisotopic (exact) mass is 316 g/mol. The topological polar surface area (TPSA) is 35.5 Å². The predicted octanol–water partition coefficient (Wildman–Crippen LogP) is 1.40. The second-order valence-electron chi connectivity index (χ2n) is 4.64. The second kappa shape index (κ2) is 6.61. The smallest absolute Gasteiger partial charge is 0.126 e. The summed E-state index contributed by atoms with van der Waals surface area (Å²) in [7, 11) is 0. The van der Waals surface area contributed by atoms with Crippen LogP contribution in [0.1, 0.15) is 5.56 Å². The molecule has 100 valence electrons. The quantitative estimate of drug-likeness (QED) is 0.881. The van der Waals surface area contributed by atoms with E-state index in [0.717, 1.165) is 30.7 Å². The van der Waals surface area contributed by atoms with Gasteiger partial charge in [0.1, 0.15) is 5.82 Å². The van der Waals surface area contributed by atoms with E-state index >= 15 is 0 Å². The van der Waals surface area contributed by atoms with Gasteiger partial charge in [0.05, 0.1) is 6.10 Å². The summed E-state index contributed by atoms with van der Waals surface area (Å²) >= 11 is 3.32. The predicted molar refractivity (Wildman–Crippen MR) is 73.1 cm³/mol. The molecule has 0 spiro atoms. The van der Waals surface area contributed by atoms with Crippen molar-refractivity contribution in [1.82, 2.24) is 10.2 Å². The molecular weight excluding hydrogens is 299 g/mol. The second-order valence-corrected chi connectivity index (χ2v) is 5.56. The number of hydrogen-bond donors (Lipinski definition) is 2. The first kappa shape index (κ1) is 13.9. The summed E-state index contributed by atoms with van der Waals surface area (Å²) in [4.78, 5) is 2.21. The van der Waals surface area contributed by atoms with Crippen LogP contribution >= 0.6 is 15.9 Å². The van der Waals surface area contributed by atoms with Crippen LogP contribution in [0.4, 0.5) is 4.39 Å². The molecule has 1 aromatic rings. The number of piperazine rings is 1. The molecule has 1 atom stereocenters. The van der Waals surface area contributed by atoms with Crippen LogP contribution in [0.25, 0.3) is 0 Å². The molecule has 1 unspecified atom stereocenters. The number of hydrogen-bond acceptors (Lipinski definition) is 3. The molecule has 1 aliphatic rings. The summed E-state index contributed by atoms with van der Waals surface area (Å²) in [5, 5.41) is 13.3. The number of aliphatic hydroxyl groups is 1. The van der Waals surface area contributed by atoms with Gasteiger partial charge in [-0.3, -0.25) is 4.90 Å². The van der Waals surface area contributed by atoms with Crippen molar-refractivity contribution in [2.24, 2.45) is 0 Å². The SMILES string of the molecule is OC(Cc1cc(Br)ccc1F)CN1CCNCC1. The number of β-amino-alcohol motifs (C(OH)–C–C–N with tert-alkyl or cyclic N) is 1. The molecule has 1 fully saturated rings. The number of halogens is 2. The maximum atomic E-state index is 13.6. The lowest BCUT2D eigenvalue weighted by atomic mass is 10.1. The van der Waals surface area contributed by atoms with Gasteiger partial charge in [0.2, 0.25) is 0 Å². The normalized spacial score (nSPS) is 18.8. The fourth-order valence-corrected chi connectivity index (χ4v) is 2.62. The van der Waals surface area contributed by atoms with Crippen LogP contribution in [-0.4, -0.2) is 48.8 Å². The summed E-state index contributed by atoms with van der Waals surface area (Å²) in [6, 6.07) is 4.83. The molecule has 0 aliphatic carbocycles. The van der Waals surface area contributed by atoms with Crippen LogP contribution in [0.2, 0.25) is 0 Å². The molecule has 1 heterocycles. The number of benzene rings is 1. The highest BCUT2D eigenvalue weighted by molar-refractivity contribution is 9.10. The van der Waals surface area contributed by atoms with Crippen LogP contribution in [0.5, 0.6) is 0 Å². The van der Waals surface area contributed by atoms with Gasteiger partial charge in [0.15, 0.2) is 0 Å². The Bertz CT molecular complexity index is 397. The van der Waals surface area contributed by atoms with Crippen molar-refractivity contribution in [3.05, 3.63) is 34.1 Å². The largest absolute Gasteiger partial charge is 0.391 e. The van der Waals surface area contributed by atoms with Crippen LogP contribution in [0.3, 0.4) is 0 Å². The van der Waals surface area contributed by atoms with Crippen molar-refractivity contribution in [2.45, 2.75) is 12.5 Å². The van der Waals surface area contributed by atoms with Gasteiger partial charge in [-0.15, -0.1) is 0 Å². The molecule has 0 radical (unpaired) electrons. The minimum atomic E-state index is -0.521. The van der Waals surface area contributed by atoms with Crippen molar-refractivity contribution in [1.29, 1.82) is 0 Å². The lowest BCUT2D eigenvalue weighted by Crippen LogP contribution is -2.46. The van der Waals surface area contributed by atoms with Gasteiger partial charge >= 0.3 is 0 Å². The van der Waals surface area contributed by atoms with Gasteiger partial charge in [0.25, 0.3) is 0 Å². The van der Waals surface area contributed by atoms with Crippen LogP contribution < -0.4 is 5.32 Å². The van der Waals surface area contributed by atoms with Crippen LogP contribution in [0.15, 0.2) is 22.7 Å². The zero-order chi connectivity index (χ0) is 13.0. The summed E-state index contributed by atoms with van der Waals surface area (Å²) < 4.78 is 14.4. The van der Waals surface area contributed by atoms with Gasteiger partial charge in [-0.25, -0.2) is 4.39 Å². The molecule has 5 heteroatoms. The highest BCUT2D eigenvalue weighted by atomic mass is 79.9. The van der Waals surface area contributed by atoms with E-state index in [2.05, 4.69) is 26.1 Å². The zero-order valence-electron chi connectivity index (χ0n) is 10.2. The molecule has 1 saturated heterocycles. The third kappa shape index (κ3) is 4.02. The van der Waals surface area contributed by atoms with E-state index < -0.39 is 6.10 Å². The number of nitrogens with zero attached hydrogens (tertiary/aromatic N) is 1. The van der Waals surface area contributed by atoms with Crippen molar-refractivity contribution in [3.8, 4) is 0 Å². The molecule has 1 aliphatic heterocycles. The van der Waals surface area contributed by atoms with Gasteiger partial charge in [-0.1, -0.05) is 15.9 Å². The first-order chi connectivity index (χ1) is 8.65. The Morgan fingerprint density at radius 3 is 2.83 bits per heavy atom. The number of aliphatic hydroxyl groups excluding tert-OH is 1. The molecule has 0 saturated carbocycles. The molecule has 0 amide bonds. The van der Waals surface area contributed by atoms with Crippen molar-refractivity contribution >= 4 is 15.9 Å². The summed E-state index contributed by atoms with van der Waals surface area (Å²) in [6.45, 7) is 4.40. The Kier molecular flexibility index (Phi) is 5.12. The molecule has 2 N–H and O–H groups in total. The van der Waals surface area contributed by atoms with E-state index in [1.165, 1.54) is 6.07 Å². The van der Waals surface area contributed by atoms with Gasteiger partial charge in [-0.05, 0) is 23.8 Å². The van der Waals surface area contributed by atoms with Gasteiger partial charge < -0.3 is 10.4 Å². The zero-order valence-corrected chi connectivity index (χ0v) is 11.8. The average Bonchev–Trinajstić information content (AvgIpc) is 2.35. The van der Waals surface area contributed by atoms with Crippen molar-refractivity contribution < 1.29 is 9.50 Å². The molecule has 0 aromatic heterocycles. The van der Waals surface area contributed by atoms with E-state index in [4.69, 9.17) is 0 Å². The fraction of sp³-hybridized carbons (Fsp3) is 0.538. The maximum Gasteiger partial charge on any atom is 0.126 e. The van der Waals surface area contributed by atoms with E-state index in [0.29, 0.717) is 18.5 Å². The number of rotatable bonds is 4. The molecule has 0 bridgehead atoms. The average molecular weight is 317 g/mol. The molecule has 2 rings (SSSR count). The van der Waals surface area contributed by atoms with Gasteiger partial charge in [0, 0.05) is 43.6 Å². The third-order valence-corrected chi connectivity index (χ3v) is 3.64. The Labute approximate surface area is 115 Å². The fourth-order valence-electron chi connectivity index (χ4n) is 2.21. The van der Waals surface area contributed by atoms with E-state index in [9.17, 15) is 9.50 Å². The number of nitrogens with one attached hydrogen (secondary N) is 1.